The largest absolute Gasteiger partial charge is 0.481 e. The second-order valence-electron chi connectivity index (χ2n) is 13.8. The van der Waals surface area contributed by atoms with E-state index >= 15 is 0 Å². The molecule has 14 N–H and O–H groups in total. The van der Waals surface area contributed by atoms with E-state index in [4.69, 9.17) is 22.3 Å². The highest BCUT2D eigenvalue weighted by Gasteiger charge is 2.34. The molecule has 0 radical (unpaired) electrons. The van der Waals surface area contributed by atoms with E-state index in [1.807, 2.05) is 0 Å². The lowest BCUT2D eigenvalue weighted by Crippen LogP contribution is -2.60. The van der Waals surface area contributed by atoms with Gasteiger partial charge in [-0.15, -0.1) is 0 Å². The molecule has 0 saturated heterocycles. The number of aliphatic imine (C=N–C) groups is 1. The molecule has 6 atom stereocenters. The van der Waals surface area contributed by atoms with Gasteiger partial charge in [0.25, 0.3) is 0 Å². The van der Waals surface area contributed by atoms with Crippen LogP contribution in [0, 0.1) is 17.8 Å². The molecule has 20 nitrogen and oxygen atoms in total. The van der Waals surface area contributed by atoms with Crippen molar-refractivity contribution in [2.75, 3.05) is 6.54 Å². The first-order valence-corrected chi connectivity index (χ1v) is 17.0. The van der Waals surface area contributed by atoms with Crippen molar-refractivity contribution in [3.63, 3.8) is 0 Å². The minimum atomic E-state index is -1.74. The number of carbonyl (C=O) groups is 8. The molecule has 0 bridgehead atoms. The summed E-state index contributed by atoms with van der Waals surface area (Å²) >= 11 is 0. The summed E-state index contributed by atoms with van der Waals surface area (Å²) in [4.78, 5) is 105. The topological polar surface area (TPSA) is 348 Å². The van der Waals surface area contributed by atoms with Gasteiger partial charge in [0.2, 0.25) is 29.5 Å². The maximum absolute atomic E-state index is 13.6. The Morgan fingerprint density at radius 3 is 1.33 bits per heavy atom. The number of nitrogens with zero attached hydrogens (tertiary/aromatic N) is 1. The molecule has 0 rings (SSSR count). The van der Waals surface area contributed by atoms with Gasteiger partial charge in [0.1, 0.15) is 30.2 Å². The van der Waals surface area contributed by atoms with Gasteiger partial charge in [-0.25, -0.2) is 4.79 Å². The Labute approximate surface area is 302 Å². The van der Waals surface area contributed by atoms with Gasteiger partial charge in [-0.3, -0.25) is 38.6 Å². The van der Waals surface area contributed by atoms with Gasteiger partial charge in [-0.1, -0.05) is 41.5 Å². The molecule has 5 amide bonds. The second-order valence-corrected chi connectivity index (χ2v) is 13.8. The van der Waals surface area contributed by atoms with Crippen LogP contribution in [0.15, 0.2) is 4.99 Å². The maximum atomic E-state index is 13.6. The summed E-state index contributed by atoms with van der Waals surface area (Å²) in [6.07, 6.45) is -1.34. The molecule has 0 aliphatic heterocycles. The lowest BCUT2D eigenvalue weighted by atomic mass is 10.00. The number of amides is 5. The summed E-state index contributed by atoms with van der Waals surface area (Å²) in [6, 6.07) is -8.44. The molecule has 0 aromatic carbocycles. The van der Waals surface area contributed by atoms with E-state index < -0.39 is 96.5 Å². The third-order valence-corrected chi connectivity index (χ3v) is 7.32. The number of hydrogen-bond donors (Lipinski definition) is 11. The predicted octanol–water partition coefficient (Wildman–Crippen LogP) is -2.04. The van der Waals surface area contributed by atoms with Crippen molar-refractivity contribution in [1.29, 1.82) is 0 Å². The van der Waals surface area contributed by atoms with E-state index in [0.717, 1.165) is 0 Å². The van der Waals surface area contributed by atoms with E-state index in [9.17, 15) is 48.6 Å². The van der Waals surface area contributed by atoms with Crippen molar-refractivity contribution < 1.29 is 53.7 Å². The summed E-state index contributed by atoms with van der Waals surface area (Å²) in [5.41, 5.74) is 16.4. The van der Waals surface area contributed by atoms with E-state index in [-0.39, 0.29) is 62.4 Å². The van der Waals surface area contributed by atoms with Gasteiger partial charge < -0.3 is 59.1 Å². The Bertz CT molecular complexity index is 1290. The minimum absolute atomic E-state index is 0.00620. The molecule has 52 heavy (non-hydrogen) atoms. The minimum Gasteiger partial charge on any atom is -0.481 e. The second kappa shape index (κ2) is 23.5. The molecule has 0 spiro atoms. The fourth-order valence-corrected chi connectivity index (χ4v) is 4.90. The van der Waals surface area contributed by atoms with Crippen molar-refractivity contribution in [2.45, 2.75) is 123 Å². The average Bonchev–Trinajstić information content (AvgIpc) is 2.99. The molecule has 0 saturated carbocycles. The highest BCUT2D eigenvalue weighted by molar-refractivity contribution is 5.97. The normalized spacial score (nSPS) is 14.6. The van der Waals surface area contributed by atoms with Gasteiger partial charge in [0.05, 0.1) is 18.9 Å². The van der Waals surface area contributed by atoms with Gasteiger partial charge in [0, 0.05) is 6.54 Å². The number of aliphatic carboxylic acids is 3. The van der Waals surface area contributed by atoms with Crippen molar-refractivity contribution in [2.24, 2.45) is 39.9 Å². The average molecular weight is 744 g/mol. The first-order valence-electron chi connectivity index (χ1n) is 17.0. The molecule has 0 aromatic rings. The van der Waals surface area contributed by atoms with E-state index in [1.165, 1.54) is 0 Å². The van der Waals surface area contributed by atoms with Gasteiger partial charge >= 0.3 is 17.9 Å². The zero-order valence-corrected chi connectivity index (χ0v) is 30.6. The molecule has 20 heteroatoms. The number of nitrogens with two attached hydrogens (primary N) is 3. The Morgan fingerprint density at radius 1 is 0.538 bits per heavy atom. The number of hydrogen-bond acceptors (Lipinski definition) is 10. The third-order valence-electron chi connectivity index (χ3n) is 7.32. The van der Waals surface area contributed by atoms with Crippen LogP contribution in [0.1, 0.15) is 86.5 Å². The van der Waals surface area contributed by atoms with E-state index in [1.54, 1.807) is 41.5 Å². The smallest absolute Gasteiger partial charge is 0.326 e. The Kier molecular flexibility index (Phi) is 21.2. The van der Waals surface area contributed by atoms with E-state index in [0.29, 0.717) is 0 Å². The number of carbonyl (C=O) groups excluding carboxylic acids is 5. The van der Waals surface area contributed by atoms with Crippen LogP contribution in [-0.4, -0.2) is 112 Å². The monoisotopic (exact) mass is 743 g/mol. The van der Waals surface area contributed by atoms with Crippen LogP contribution in [0.2, 0.25) is 0 Å². The SMILES string of the molecule is CC(C)C[C@H](NC(=O)[C@H](CCCN=C(N)N)NC(=O)[C@H](CC(C)C)NC(=O)[C@H](CC(=O)O)NC(=O)[C@H](CC(C)C)NC(=O)[C@@H](N)CC(=O)O)C(=O)O. The molecule has 0 aliphatic carbocycles. The molecule has 0 fully saturated rings. The Hall–Kier alpha value is -5.01. The summed E-state index contributed by atoms with van der Waals surface area (Å²) in [5.74, 6) is -9.44. The number of guanidine groups is 1. The number of carboxylic acids is 3. The summed E-state index contributed by atoms with van der Waals surface area (Å²) in [7, 11) is 0. The zero-order chi connectivity index (χ0) is 40.3. The van der Waals surface area contributed by atoms with Gasteiger partial charge in [0.15, 0.2) is 5.96 Å². The van der Waals surface area contributed by atoms with Crippen LogP contribution >= 0.6 is 0 Å². The lowest BCUT2D eigenvalue weighted by Gasteiger charge is -2.28. The van der Waals surface area contributed by atoms with Crippen molar-refractivity contribution >= 4 is 53.4 Å². The van der Waals surface area contributed by atoms with Crippen LogP contribution < -0.4 is 43.8 Å². The fraction of sp³-hybridized carbons (Fsp3) is 0.719. The molecule has 0 heterocycles. The first-order chi connectivity index (χ1) is 24.0. The maximum Gasteiger partial charge on any atom is 0.326 e. The van der Waals surface area contributed by atoms with Crippen LogP contribution in [0.3, 0.4) is 0 Å². The zero-order valence-electron chi connectivity index (χ0n) is 30.6. The summed E-state index contributed by atoms with van der Waals surface area (Å²) < 4.78 is 0. The van der Waals surface area contributed by atoms with Crippen molar-refractivity contribution in [3.05, 3.63) is 0 Å². The summed E-state index contributed by atoms with van der Waals surface area (Å²) in [5, 5.41) is 40.2. The van der Waals surface area contributed by atoms with Crippen LogP contribution in [0.5, 0.6) is 0 Å². The quantitative estimate of drug-likeness (QED) is 0.0273. The number of rotatable bonds is 25. The van der Waals surface area contributed by atoms with E-state index in [2.05, 4.69) is 31.6 Å². The van der Waals surface area contributed by atoms with Crippen molar-refractivity contribution in [3.8, 4) is 0 Å². The van der Waals surface area contributed by atoms with Crippen molar-refractivity contribution in [1.82, 2.24) is 26.6 Å². The number of carboxylic acid groups (broad SMARTS) is 3. The fourth-order valence-electron chi connectivity index (χ4n) is 4.90. The Morgan fingerprint density at radius 2 is 0.904 bits per heavy atom. The standard InChI is InChI=1S/C32H57N9O11/c1-15(2)10-20(38-26(46)18(33)13-24(42)43)29(49)40-22(14-25(44)45)30(50)39-21(11-16(3)4)28(48)37-19(8-7-9-36-32(34)35)27(47)41-23(31(51)52)12-17(5)6/h15-23H,7-14,33H2,1-6H3,(H,37,48)(H,38,46)(H,39,50)(H,40,49)(H,41,47)(H,42,43)(H,44,45)(H,51,52)(H4,34,35,36)/t18-,19-,20-,21-,22-,23-/m0/s1. The molecular formula is C32H57N9O11. The molecular weight excluding hydrogens is 686 g/mol. The third kappa shape index (κ3) is 20.0. The Balaban J connectivity index is 6.27. The van der Waals surface area contributed by atoms with Crippen LogP contribution in [0.4, 0.5) is 0 Å². The molecule has 296 valence electrons. The van der Waals surface area contributed by atoms with Crippen LogP contribution in [0.25, 0.3) is 0 Å². The molecule has 0 aliphatic rings. The summed E-state index contributed by atoms with van der Waals surface area (Å²) in [6.45, 7) is 10.5. The van der Waals surface area contributed by atoms with Crippen LogP contribution in [-0.2, 0) is 38.4 Å². The number of nitrogens with one attached hydrogen (secondary N) is 5. The van der Waals surface area contributed by atoms with Gasteiger partial charge in [-0.2, -0.15) is 0 Å². The lowest BCUT2D eigenvalue weighted by molar-refractivity contribution is -0.143. The highest BCUT2D eigenvalue weighted by atomic mass is 16.4. The molecule has 0 unspecified atom stereocenters. The molecule has 0 aromatic heterocycles. The predicted molar refractivity (Wildman–Crippen MR) is 188 cm³/mol. The van der Waals surface area contributed by atoms with Gasteiger partial charge in [-0.05, 0) is 49.9 Å². The first kappa shape index (κ1) is 47.0. The highest BCUT2D eigenvalue weighted by Crippen LogP contribution is 2.11.